The summed E-state index contributed by atoms with van der Waals surface area (Å²) in [5, 5.41) is 0. The van der Waals surface area contributed by atoms with Crippen LogP contribution in [-0.4, -0.2) is 12.3 Å². The van der Waals surface area contributed by atoms with Gasteiger partial charge in [0.05, 0.1) is 0 Å². The lowest BCUT2D eigenvalue weighted by molar-refractivity contribution is 0.122. The molecular formula is C11H10O3. The molecule has 1 saturated heterocycles. The molecule has 0 amide bonds. The quantitative estimate of drug-likeness (QED) is 0.638. The minimum absolute atomic E-state index is 0.289. The Bertz CT molecular complexity index is 367. The van der Waals surface area contributed by atoms with Gasteiger partial charge in [-0.2, -0.15) is 0 Å². The lowest BCUT2D eigenvalue weighted by atomic mass is 10.2. The highest BCUT2D eigenvalue weighted by Crippen LogP contribution is 2.20. The molecule has 3 heteroatoms. The first-order chi connectivity index (χ1) is 6.75. The second kappa shape index (κ2) is 3.54. The van der Waals surface area contributed by atoms with Crippen LogP contribution in [0.3, 0.4) is 0 Å². The van der Waals surface area contributed by atoms with Crippen LogP contribution in [-0.2, 0) is 9.47 Å². The molecule has 1 heterocycles. The number of benzene rings is 1. The first-order valence-corrected chi connectivity index (χ1v) is 4.41. The van der Waals surface area contributed by atoms with E-state index in [1.807, 2.05) is 30.3 Å². The molecule has 0 radical (unpaired) electrons. The molecule has 1 atom stereocenters. The van der Waals surface area contributed by atoms with Gasteiger partial charge in [-0.1, -0.05) is 30.3 Å². The third-order valence-electron chi connectivity index (χ3n) is 1.98. The van der Waals surface area contributed by atoms with Crippen molar-refractivity contribution in [1.29, 1.82) is 0 Å². The van der Waals surface area contributed by atoms with E-state index in [0.29, 0.717) is 5.76 Å². The third-order valence-corrected chi connectivity index (χ3v) is 1.98. The van der Waals surface area contributed by atoms with Crippen molar-refractivity contribution in [2.24, 2.45) is 0 Å². The van der Waals surface area contributed by atoms with E-state index in [0.717, 1.165) is 5.56 Å². The molecule has 0 aliphatic carbocycles. The highest BCUT2D eigenvalue weighted by Gasteiger charge is 2.26. The number of carbonyl (C=O) groups is 1. The Morgan fingerprint density at radius 3 is 2.57 bits per heavy atom. The molecule has 72 valence electrons. The summed E-state index contributed by atoms with van der Waals surface area (Å²) in [6.07, 6.45) is 0.887. The van der Waals surface area contributed by atoms with Crippen LogP contribution in [0.5, 0.6) is 0 Å². The highest BCUT2D eigenvalue weighted by molar-refractivity contribution is 5.68. The van der Waals surface area contributed by atoms with E-state index in [4.69, 9.17) is 9.47 Å². The van der Waals surface area contributed by atoms with Gasteiger partial charge in [-0.25, -0.2) is 4.79 Å². The fraction of sp³-hybridized carbons (Fsp3) is 0.182. The second-order valence-electron chi connectivity index (χ2n) is 3.07. The summed E-state index contributed by atoms with van der Waals surface area (Å²) < 4.78 is 9.69. The molecule has 1 aromatic rings. The Balaban J connectivity index is 2.23. The van der Waals surface area contributed by atoms with E-state index in [1.54, 1.807) is 13.0 Å². The maximum absolute atomic E-state index is 10.8. The molecule has 0 spiro atoms. The van der Waals surface area contributed by atoms with Crippen molar-refractivity contribution in [3.05, 3.63) is 41.7 Å². The van der Waals surface area contributed by atoms with Gasteiger partial charge in [0.25, 0.3) is 0 Å². The second-order valence-corrected chi connectivity index (χ2v) is 3.07. The van der Waals surface area contributed by atoms with Crippen molar-refractivity contribution in [3.8, 4) is 0 Å². The maximum atomic E-state index is 10.8. The Morgan fingerprint density at radius 2 is 2.00 bits per heavy atom. The number of rotatable bonds is 1. The van der Waals surface area contributed by atoms with Crippen LogP contribution < -0.4 is 0 Å². The lowest BCUT2D eigenvalue weighted by Gasteiger charge is -1.99. The van der Waals surface area contributed by atoms with Gasteiger partial charge >= 0.3 is 6.16 Å². The van der Waals surface area contributed by atoms with Crippen LogP contribution in [0.4, 0.5) is 4.79 Å². The van der Waals surface area contributed by atoms with Crippen molar-refractivity contribution < 1.29 is 14.3 Å². The largest absolute Gasteiger partial charge is 0.514 e. The molecule has 1 unspecified atom stereocenters. The number of carbonyl (C=O) groups excluding carboxylic acids is 1. The van der Waals surface area contributed by atoms with Crippen LogP contribution in [0.25, 0.3) is 6.08 Å². The summed E-state index contributed by atoms with van der Waals surface area (Å²) in [6.45, 7) is 1.78. The topological polar surface area (TPSA) is 35.5 Å². The van der Waals surface area contributed by atoms with Crippen molar-refractivity contribution >= 4 is 12.2 Å². The van der Waals surface area contributed by atoms with Gasteiger partial charge in [0.2, 0.25) is 0 Å². The minimum atomic E-state index is -0.625. The SMILES string of the molecule is CC1OC(=O)O/C1=C\c1ccccc1. The van der Waals surface area contributed by atoms with E-state index in [-0.39, 0.29) is 6.10 Å². The number of hydrogen-bond acceptors (Lipinski definition) is 3. The Hall–Kier alpha value is -1.77. The van der Waals surface area contributed by atoms with Gasteiger partial charge in [-0.3, -0.25) is 0 Å². The van der Waals surface area contributed by atoms with E-state index >= 15 is 0 Å². The number of cyclic esters (lactones) is 2. The van der Waals surface area contributed by atoms with E-state index in [2.05, 4.69) is 0 Å². The van der Waals surface area contributed by atoms with Gasteiger partial charge in [0.15, 0.2) is 11.9 Å². The number of ether oxygens (including phenoxy) is 2. The molecule has 1 fully saturated rings. The Labute approximate surface area is 81.9 Å². The molecule has 2 rings (SSSR count). The maximum Gasteiger partial charge on any atom is 0.514 e. The Morgan fingerprint density at radius 1 is 1.29 bits per heavy atom. The van der Waals surface area contributed by atoms with Crippen LogP contribution in [0.1, 0.15) is 12.5 Å². The first kappa shape index (κ1) is 8.81. The molecule has 0 saturated carbocycles. The number of hydrogen-bond donors (Lipinski definition) is 0. The van der Waals surface area contributed by atoms with Crippen molar-refractivity contribution in [2.75, 3.05) is 0 Å². The predicted molar refractivity (Wildman–Crippen MR) is 51.4 cm³/mol. The van der Waals surface area contributed by atoms with Crippen LogP contribution in [0, 0.1) is 0 Å². The van der Waals surface area contributed by atoms with Crippen molar-refractivity contribution in [2.45, 2.75) is 13.0 Å². The Kier molecular flexibility index (Phi) is 2.23. The van der Waals surface area contributed by atoms with Crippen LogP contribution in [0.15, 0.2) is 36.1 Å². The summed E-state index contributed by atoms with van der Waals surface area (Å²) in [5.74, 6) is 0.557. The van der Waals surface area contributed by atoms with Crippen LogP contribution in [0.2, 0.25) is 0 Å². The fourth-order valence-electron chi connectivity index (χ4n) is 1.27. The molecule has 0 bridgehead atoms. The zero-order valence-electron chi connectivity index (χ0n) is 7.77. The van der Waals surface area contributed by atoms with E-state index in [9.17, 15) is 4.79 Å². The van der Waals surface area contributed by atoms with E-state index in [1.165, 1.54) is 0 Å². The third kappa shape index (κ3) is 1.76. The predicted octanol–water partition coefficient (Wildman–Crippen LogP) is 2.58. The zero-order chi connectivity index (χ0) is 9.97. The average Bonchev–Trinajstić information content (AvgIpc) is 2.47. The first-order valence-electron chi connectivity index (χ1n) is 4.41. The molecule has 0 aromatic heterocycles. The van der Waals surface area contributed by atoms with Gasteiger partial charge in [0, 0.05) is 0 Å². The summed E-state index contributed by atoms with van der Waals surface area (Å²) in [6, 6.07) is 9.66. The minimum Gasteiger partial charge on any atom is -0.423 e. The van der Waals surface area contributed by atoms with Gasteiger partial charge < -0.3 is 9.47 Å². The van der Waals surface area contributed by atoms with Gasteiger partial charge in [-0.15, -0.1) is 0 Å². The summed E-state index contributed by atoms with van der Waals surface area (Å²) >= 11 is 0. The molecule has 14 heavy (non-hydrogen) atoms. The zero-order valence-corrected chi connectivity index (χ0v) is 7.77. The fourth-order valence-corrected chi connectivity index (χ4v) is 1.27. The molecule has 0 N–H and O–H groups in total. The summed E-state index contributed by atoms with van der Waals surface area (Å²) in [5.41, 5.74) is 0.993. The smallest absolute Gasteiger partial charge is 0.423 e. The molecule has 1 aliphatic rings. The monoisotopic (exact) mass is 190 g/mol. The van der Waals surface area contributed by atoms with Crippen molar-refractivity contribution in [1.82, 2.24) is 0 Å². The molecular weight excluding hydrogens is 180 g/mol. The summed E-state index contributed by atoms with van der Waals surface area (Å²) in [4.78, 5) is 10.8. The molecule has 1 aliphatic heterocycles. The van der Waals surface area contributed by atoms with Crippen molar-refractivity contribution in [3.63, 3.8) is 0 Å². The van der Waals surface area contributed by atoms with Gasteiger partial charge in [-0.05, 0) is 18.6 Å². The van der Waals surface area contributed by atoms with Gasteiger partial charge in [0.1, 0.15) is 0 Å². The lowest BCUT2D eigenvalue weighted by Crippen LogP contribution is -2.00. The van der Waals surface area contributed by atoms with Crippen LogP contribution >= 0.6 is 0 Å². The molecule has 3 nitrogen and oxygen atoms in total. The van der Waals surface area contributed by atoms with E-state index < -0.39 is 6.16 Å². The molecule has 1 aromatic carbocycles. The summed E-state index contributed by atoms with van der Waals surface area (Å²) in [7, 11) is 0. The highest BCUT2D eigenvalue weighted by atomic mass is 16.8. The normalized spacial score (nSPS) is 23.4. The standard InChI is InChI=1S/C11H10O3/c1-8-10(14-11(12)13-8)7-9-5-3-2-4-6-9/h2-8H,1H3/b10-7-. The average molecular weight is 190 g/mol.